The summed E-state index contributed by atoms with van der Waals surface area (Å²) in [6, 6.07) is 2.43. The molecule has 0 spiro atoms. The van der Waals surface area contributed by atoms with Crippen molar-refractivity contribution < 1.29 is 4.74 Å². The Morgan fingerprint density at radius 1 is 1.16 bits per heavy atom. The van der Waals surface area contributed by atoms with Crippen molar-refractivity contribution in [2.75, 3.05) is 19.7 Å². The molecule has 0 N–H and O–H groups in total. The lowest BCUT2D eigenvalue weighted by atomic mass is 9.77. The fourth-order valence-electron chi connectivity index (χ4n) is 4.62. The number of nitrogens with zero attached hydrogens (tertiary/aromatic N) is 4. The van der Waals surface area contributed by atoms with Crippen LogP contribution in [0, 0.1) is 17.8 Å². The van der Waals surface area contributed by atoms with Gasteiger partial charge in [-0.1, -0.05) is 0 Å². The van der Waals surface area contributed by atoms with Gasteiger partial charge < -0.3 is 4.74 Å². The minimum atomic E-state index is 0.321. The van der Waals surface area contributed by atoms with E-state index in [9.17, 15) is 0 Å². The van der Waals surface area contributed by atoms with Gasteiger partial charge in [0.2, 0.25) is 0 Å². The summed E-state index contributed by atoms with van der Waals surface area (Å²) in [6.07, 6.45) is 11.3. The van der Waals surface area contributed by atoms with Crippen molar-refractivity contribution in [3.05, 3.63) is 35.0 Å². The number of aromatic nitrogens is 3. The summed E-state index contributed by atoms with van der Waals surface area (Å²) in [4.78, 5) is 7.06. The summed E-state index contributed by atoms with van der Waals surface area (Å²) in [5, 5.41) is 7.86. The molecule has 1 aliphatic heterocycles. The quantitative estimate of drug-likeness (QED) is 0.795. The van der Waals surface area contributed by atoms with Crippen LogP contribution < -0.4 is 0 Å². The van der Waals surface area contributed by atoms with Gasteiger partial charge in [0.05, 0.1) is 18.7 Å². The highest BCUT2D eigenvalue weighted by Gasteiger charge is 2.44. The molecule has 134 valence electrons. The molecule has 4 atom stereocenters. The minimum Gasteiger partial charge on any atom is -0.376 e. The summed E-state index contributed by atoms with van der Waals surface area (Å²) in [7, 11) is 0. The van der Waals surface area contributed by atoms with Crippen molar-refractivity contribution in [2.45, 2.75) is 44.4 Å². The molecule has 2 saturated carbocycles. The van der Waals surface area contributed by atoms with E-state index >= 15 is 0 Å². The Hall–Kier alpha value is -1.24. The molecule has 2 aromatic heterocycles. The second kappa shape index (κ2) is 6.82. The van der Waals surface area contributed by atoms with E-state index in [1.165, 1.54) is 43.8 Å². The van der Waals surface area contributed by atoms with Gasteiger partial charge >= 0.3 is 0 Å². The fourth-order valence-corrected chi connectivity index (χ4v) is 5.27. The lowest BCUT2D eigenvalue weighted by molar-refractivity contribution is -0.0371. The molecule has 6 heteroatoms. The van der Waals surface area contributed by atoms with Crippen LogP contribution in [0.15, 0.2) is 30.0 Å². The molecular weight excluding hydrogens is 332 g/mol. The van der Waals surface area contributed by atoms with Gasteiger partial charge in [-0.15, -0.1) is 11.3 Å². The summed E-state index contributed by atoms with van der Waals surface area (Å²) in [5.74, 6) is 2.34. The molecule has 0 radical (unpaired) electrons. The number of rotatable bonds is 6. The van der Waals surface area contributed by atoms with Crippen molar-refractivity contribution >= 4 is 11.3 Å². The van der Waals surface area contributed by atoms with Gasteiger partial charge in [-0.2, -0.15) is 5.10 Å². The van der Waals surface area contributed by atoms with Crippen LogP contribution in [-0.2, 0) is 11.3 Å². The maximum absolute atomic E-state index is 6.40. The van der Waals surface area contributed by atoms with E-state index in [1.54, 1.807) is 11.3 Å². The summed E-state index contributed by atoms with van der Waals surface area (Å²) in [5.41, 5.74) is 0. The summed E-state index contributed by atoms with van der Waals surface area (Å²) < 4.78 is 8.55. The number of hydrogen-bond donors (Lipinski definition) is 0. The van der Waals surface area contributed by atoms with E-state index in [0.29, 0.717) is 12.1 Å². The first-order chi connectivity index (χ1) is 12.3. The molecule has 0 bridgehead atoms. The molecule has 25 heavy (non-hydrogen) atoms. The first-order valence-electron chi connectivity index (χ1n) is 9.56. The normalized spacial score (nSPS) is 32.8. The third-order valence-corrected chi connectivity index (χ3v) is 6.87. The van der Waals surface area contributed by atoms with Gasteiger partial charge in [0, 0.05) is 43.7 Å². The highest BCUT2D eigenvalue weighted by atomic mass is 32.1. The monoisotopic (exact) mass is 358 g/mol. The van der Waals surface area contributed by atoms with Gasteiger partial charge in [0.25, 0.3) is 0 Å². The average molecular weight is 359 g/mol. The third kappa shape index (κ3) is 3.52. The Labute approximate surface area is 153 Å². The average Bonchev–Trinajstić information content (AvgIpc) is 3.04. The second-order valence-electron chi connectivity index (χ2n) is 7.98. The summed E-state index contributed by atoms with van der Waals surface area (Å²) >= 11 is 1.77. The van der Waals surface area contributed by atoms with Crippen LogP contribution in [0.5, 0.6) is 0 Å². The molecule has 0 aromatic carbocycles. The van der Waals surface area contributed by atoms with E-state index < -0.39 is 0 Å². The lowest BCUT2D eigenvalue weighted by Crippen LogP contribution is -2.38. The number of hydrogen-bond acceptors (Lipinski definition) is 5. The first-order valence-corrected chi connectivity index (χ1v) is 10.4. The third-order valence-electron chi connectivity index (χ3n) is 6.11. The zero-order chi connectivity index (χ0) is 16.6. The maximum atomic E-state index is 6.40. The Balaban J connectivity index is 1.28. The van der Waals surface area contributed by atoms with Gasteiger partial charge in [0.1, 0.15) is 5.01 Å². The summed E-state index contributed by atoms with van der Waals surface area (Å²) in [6.45, 7) is 4.34. The Bertz CT molecular complexity index is 670. The van der Waals surface area contributed by atoms with Crippen LogP contribution in [0.4, 0.5) is 0 Å². The molecule has 2 aliphatic carbocycles. The molecular formula is C19H26N4OS. The molecule has 0 amide bonds. The standard InChI is InChI=1S/C19H26N4OS/c1-4-21-23(6-1)17-8-15-10-22(12-19-20-5-7-25-19)11-16(15)9-18(17)24-13-14-2-3-14/h1,4-7,14-18H,2-3,8-13H2/t15-,16+,17-,18-/m0/s1. The smallest absolute Gasteiger partial charge is 0.107 e. The molecule has 3 heterocycles. The number of fused-ring (bicyclic) bond motifs is 1. The molecule has 5 nitrogen and oxygen atoms in total. The highest BCUT2D eigenvalue weighted by molar-refractivity contribution is 7.09. The van der Waals surface area contributed by atoms with Crippen LogP contribution in [0.3, 0.4) is 0 Å². The first kappa shape index (κ1) is 16.0. The molecule has 2 aromatic rings. The number of likely N-dealkylation sites (tertiary alicyclic amines) is 1. The van der Waals surface area contributed by atoms with Crippen LogP contribution in [0.2, 0.25) is 0 Å². The van der Waals surface area contributed by atoms with Crippen LogP contribution in [0.1, 0.15) is 36.7 Å². The molecule has 3 aliphatic rings. The largest absolute Gasteiger partial charge is 0.376 e. The van der Waals surface area contributed by atoms with E-state index in [-0.39, 0.29) is 0 Å². The van der Waals surface area contributed by atoms with Crippen LogP contribution in [-0.4, -0.2) is 45.5 Å². The van der Waals surface area contributed by atoms with Gasteiger partial charge in [-0.3, -0.25) is 9.58 Å². The number of thiazole rings is 1. The van der Waals surface area contributed by atoms with E-state index in [2.05, 4.69) is 31.2 Å². The van der Waals surface area contributed by atoms with Crippen molar-refractivity contribution in [3.63, 3.8) is 0 Å². The zero-order valence-corrected chi connectivity index (χ0v) is 15.4. The minimum absolute atomic E-state index is 0.321. The van der Waals surface area contributed by atoms with Crippen molar-refractivity contribution in [1.29, 1.82) is 0 Å². The fraction of sp³-hybridized carbons (Fsp3) is 0.684. The predicted octanol–water partition coefficient (Wildman–Crippen LogP) is 3.22. The van der Waals surface area contributed by atoms with Crippen LogP contribution in [0.25, 0.3) is 0 Å². The van der Waals surface area contributed by atoms with Gasteiger partial charge in [0.15, 0.2) is 0 Å². The maximum Gasteiger partial charge on any atom is 0.107 e. The van der Waals surface area contributed by atoms with Gasteiger partial charge in [-0.05, 0) is 49.5 Å². The zero-order valence-electron chi connectivity index (χ0n) is 14.5. The molecule has 5 rings (SSSR count). The second-order valence-corrected chi connectivity index (χ2v) is 8.96. The van der Waals surface area contributed by atoms with E-state index in [4.69, 9.17) is 4.74 Å². The Morgan fingerprint density at radius 3 is 2.76 bits per heavy atom. The molecule has 0 unspecified atom stereocenters. The SMILES string of the molecule is c1cnn([C@H]2C[C@H]3CN(Cc4nccs4)C[C@H]3C[C@@H]2OCC2CC2)c1. The van der Waals surface area contributed by atoms with Gasteiger partial charge in [-0.25, -0.2) is 4.98 Å². The van der Waals surface area contributed by atoms with Crippen molar-refractivity contribution in [1.82, 2.24) is 19.7 Å². The topological polar surface area (TPSA) is 43.2 Å². The Morgan fingerprint density at radius 2 is 2.04 bits per heavy atom. The van der Waals surface area contributed by atoms with Crippen molar-refractivity contribution in [2.24, 2.45) is 17.8 Å². The van der Waals surface area contributed by atoms with Crippen molar-refractivity contribution in [3.8, 4) is 0 Å². The highest BCUT2D eigenvalue weighted by Crippen LogP contribution is 2.43. The van der Waals surface area contributed by atoms with E-state index in [0.717, 1.165) is 30.9 Å². The predicted molar refractivity (Wildman–Crippen MR) is 97.3 cm³/mol. The molecule has 1 saturated heterocycles. The molecule has 3 fully saturated rings. The lowest BCUT2D eigenvalue weighted by Gasteiger charge is -2.38. The Kier molecular flexibility index (Phi) is 4.36. The van der Waals surface area contributed by atoms with E-state index in [1.807, 2.05) is 18.5 Å². The number of ether oxygens (including phenoxy) is 1. The van der Waals surface area contributed by atoms with Crippen LogP contribution >= 0.6 is 11.3 Å².